The first kappa shape index (κ1) is 17.7. The van der Waals surface area contributed by atoms with Crippen molar-refractivity contribution in [2.45, 2.75) is 12.7 Å². The summed E-state index contributed by atoms with van der Waals surface area (Å²) in [5.41, 5.74) is 1.50. The van der Waals surface area contributed by atoms with Gasteiger partial charge in [-0.2, -0.15) is 18.3 Å². The van der Waals surface area contributed by atoms with E-state index in [1.807, 2.05) is 0 Å². The molecule has 1 aromatic heterocycles. The number of aromatic nitrogens is 2. The SMILES string of the molecule is Cn1ccc(CNC(=O)c2ccccc2-c2ccc(C(F)(F)F)cc2)n1. The molecular weight excluding hydrogens is 343 g/mol. The molecule has 7 heteroatoms. The lowest BCUT2D eigenvalue weighted by molar-refractivity contribution is -0.137. The van der Waals surface area contributed by atoms with E-state index in [0.717, 1.165) is 12.1 Å². The van der Waals surface area contributed by atoms with E-state index in [1.54, 1.807) is 48.3 Å². The lowest BCUT2D eigenvalue weighted by Gasteiger charge is -2.11. The molecule has 0 unspecified atom stereocenters. The van der Waals surface area contributed by atoms with Gasteiger partial charge in [0.15, 0.2) is 0 Å². The van der Waals surface area contributed by atoms with Crippen LogP contribution in [-0.2, 0) is 19.8 Å². The number of nitrogens with one attached hydrogen (secondary N) is 1. The Morgan fingerprint density at radius 2 is 1.77 bits per heavy atom. The van der Waals surface area contributed by atoms with Gasteiger partial charge < -0.3 is 5.32 Å². The lowest BCUT2D eigenvalue weighted by atomic mass is 9.98. The van der Waals surface area contributed by atoms with Gasteiger partial charge in [-0.15, -0.1) is 0 Å². The molecule has 26 heavy (non-hydrogen) atoms. The van der Waals surface area contributed by atoms with Crippen LogP contribution in [0.5, 0.6) is 0 Å². The molecule has 0 bridgehead atoms. The highest BCUT2D eigenvalue weighted by molar-refractivity contribution is 6.00. The van der Waals surface area contributed by atoms with Gasteiger partial charge >= 0.3 is 6.18 Å². The second-order valence-electron chi connectivity index (χ2n) is 5.78. The smallest absolute Gasteiger partial charge is 0.346 e. The fourth-order valence-electron chi connectivity index (χ4n) is 2.60. The number of amides is 1. The molecule has 2 aromatic carbocycles. The second kappa shape index (κ2) is 7.03. The van der Waals surface area contributed by atoms with Crippen LogP contribution >= 0.6 is 0 Å². The van der Waals surface area contributed by atoms with Crippen LogP contribution in [0.1, 0.15) is 21.6 Å². The van der Waals surface area contributed by atoms with Crippen LogP contribution in [0.4, 0.5) is 13.2 Å². The molecule has 1 amide bonds. The molecule has 0 aliphatic rings. The number of rotatable bonds is 4. The maximum Gasteiger partial charge on any atom is 0.416 e. The molecule has 0 radical (unpaired) electrons. The van der Waals surface area contributed by atoms with E-state index < -0.39 is 11.7 Å². The highest BCUT2D eigenvalue weighted by atomic mass is 19.4. The minimum Gasteiger partial charge on any atom is -0.346 e. The van der Waals surface area contributed by atoms with Gasteiger partial charge in [0.1, 0.15) is 0 Å². The van der Waals surface area contributed by atoms with E-state index in [4.69, 9.17) is 0 Å². The van der Waals surface area contributed by atoms with E-state index in [2.05, 4.69) is 10.4 Å². The number of nitrogens with zero attached hydrogens (tertiary/aromatic N) is 2. The minimum atomic E-state index is -4.39. The highest BCUT2D eigenvalue weighted by Crippen LogP contribution is 2.31. The van der Waals surface area contributed by atoms with Crippen LogP contribution in [0.3, 0.4) is 0 Å². The summed E-state index contributed by atoms with van der Waals surface area (Å²) in [6.07, 6.45) is -2.62. The Labute approximate surface area is 148 Å². The van der Waals surface area contributed by atoms with Crippen molar-refractivity contribution in [2.75, 3.05) is 0 Å². The fourth-order valence-corrected chi connectivity index (χ4v) is 2.60. The summed E-state index contributed by atoms with van der Waals surface area (Å²) < 4.78 is 39.8. The minimum absolute atomic E-state index is 0.265. The topological polar surface area (TPSA) is 46.9 Å². The molecule has 1 N–H and O–H groups in total. The van der Waals surface area contributed by atoms with Crippen molar-refractivity contribution in [3.63, 3.8) is 0 Å². The van der Waals surface area contributed by atoms with Crippen LogP contribution < -0.4 is 5.32 Å². The predicted octanol–water partition coefficient (Wildman–Crippen LogP) is 4.04. The van der Waals surface area contributed by atoms with Gasteiger partial charge in [0.2, 0.25) is 0 Å². The molecular formula is C19H16F3N3O. The van der Waals surface area contributed by atoms with Crippen LogP contribution in [0.2, 0.25) is 0 Å². The first-order valence-electron chi connectivity index (χ1n) is 7.88. The number of aryl methyl sites for hydroxylation is 1. The molecule has 0 aliphatic carbocycles. The first-order chi connectivity index (χ1) is 12.3. The molecule has 0 saturated carbocycles. The predicted molar refractivity (Wildman–Crippen MR) is 91.3 cm³/mol. The molecule has 0 aliphatic heterocycles. The fraction of sp³-hybridized carbons (Fsp3) is 0.158. The Hall–Kier alpha value is -3.09. The van der Waals surface area contributed by atoms with Crippen molar-refractivity contribution >= 4 is 5.91 Å². The Kier molecular flexibility index (Phi) is 4.79. The summed E-state index contributed by atoms with van der Waals surface area (Å²) in [5.74, 6) is -0.314. The number of carbonyl (C=O) groups is 1. The number of benzene rings is 2. The van der Waals surface area contributed by atoms with E-state index in [9.17, 15) is 18.0 Å². The van der Waals surface area contributed by atoms with Gasteiger partial charge in [-0.25, -0.2) is 0 Å². The van der Waals surface area contributed by atoms with E-state index in [1.165, 1.54) is 12.1 Å². The van der Waals surface area contributed by atoms with E-state index in [-0.39, 0.29) is 12.5 Å². The largest absolute Gasteiger partial charge is 0.416 e. The molecule has 0 fully saturated rings. The Morgan fingerprint density at radius 3 is 2.38 bits per heavy atom. The van der Waals surface area contributed by atoms with Gasteiger partial charge in [-0.3, -0.25) is 9.48 Å². The molecule has 4 nitrogen and oxygen atoms in total. The second-order valence-corrected chi connectivity index (χ2v) is 5.78. The third kappa shape index (κ3) is 3.93. The monoisotopic (exact) mass is 359 g/mol. The Bertz CT molecular complexity index is 914. The average Bonchev–Trinajstić information content (AvgIpc) is 3.04. The van der Waals surface area contributed by atoms with Crippen molar-refractivity contribution in [2.24, 2.45) is 7.05 Å². The number of carbonyl (C=O) groups excluding carboxylic acids is 1. The summed E-state index contributed by atoms with van der Waals surface area (Å²) in [6, 6.07) is 13.4. The molecule has 3 aromatic rings. The molecule has 134 valence electrons. The summed E-state index contributed by atoms with van der Waals surface area (Å²) in [7, 11) is 1.78. The zero-order chi connectivity index (χ0) is 18.7. The Balaban J connectivity index is 1.82. The number of hydrogen-bond donors (Lipinski definition) is 1. The van der Waals surface area contributed by atoms with Crippen LogP contribution in [0.15, 0.2) is 60.8 Å². The van der Waals surface area contributed by atoms with E-state index in [0.29, 0.717) is 22.4 Å². The number of hydrogen-bond acceptors (Lipinski definition) is 2. The Morgan fingerprint density at radius 1 is 1.08 bits per heavy atom. The van der Waals surface area contributed by atoms with Crippen LogP contribution in [0.25, 0.3) is 11.1 Å². The van der Waals surface area contributed by atoms with Crippen molar-refractivity contribution < 1.29 is 18.0 Å². The third-order valence-corrected chi connectivity index (χ3v) is 3.89. The summed E-state index contributed by atoms with van der Waals surface area (Å²) in [5, 5.41) is 6.96. The van der Waals surface area contributed by atoms with Crippen LogP contribution in [-0.4, -0.2) is 15.7 Å². The third-order valence-electron chi connectivity index (χ3n) is 3.89. The van der Waals surface area contributed by atoms with Gasteiger partial charge in [0.05, 0.1) is 17.8 Å². The molecule has 0 saturated heterocycles. The highest BCUT2D eigenvalue weighted by Gasteiger charge is 2.30. The normalized spacial score (nSPS) is 11.4. The van der Waals surface area contributed by atoms with Crippen LogP contribution in [0, 0.1) is 0 Å². The summed E-state index contributed by atoms with van der Waals surface area (Å²) in [6.45, 7) is 0.265. The van der Waals surface area contributed by atoms with E-state index >= 15 is 0 Å². The maximum atomic E-state index is 12.7. The number of halogens is 3. The van der Waals surface area contributed by atoms with Crippen molar-refractivity contribution in [3.05, 3.63) is 77.6 Å². The van der Waals surface area contributed by atoms with Gasteiger partial charge in [0, 0.05) is 18.8 Å². The van der Waals surface area contributed by atoms with Gasteiger partial charge in [0.25, 0.3) is 5.91 Å². The summed E-state index contributed by atoms with van der Waals surface area (Å²) in [4.78, 5) is 12.5. The summed E-state index contributed by atoms with van der Waals surface area (Å²) >= 11 is 0. The first-order valence-corrected chi connectivity index (χ1v) is 7.88. The van der Waals surface area contributed by atoms with Crippen molar-refractivity contribution in [3.8, 4) is 11.1 Å². The lowest BCUT2D eigenvalue weighted by Crippen LogP contribution is -2.23. The molecule has 1 heterocycles. The average molecular weight is 359 g/mol. The number of alkyl halides is 3. The molecule has 0 spiro atoms. The molecule has 3 rings (SSSR count). The zero-order valence-corrected chi connectivity index (χ0v) is 13.9. The van der Waals surface area contributed by atoms with Gasteiger partial charge in [-0.1, -0.05) is 30.3 Å². The van der Waals surface area contributed by atoms with Crippen molar-refractivity contribution in [1.29, 1.82) is 0 Å². The maximum absolute atomic E-state index is 12.7. The standard InChI is InChI=1S/C19H16F3N3O/c1-25-11-10-15(24-25)12-23-18(26)17-5-3-2-4-16(17)13-6-8-14(9-7-13)19(20,21)22/h2-11H,12H2,1H3,(H,23,26). The quantitative estimate of drug-likeness (QED) is 0.764. The molecule has 0 atom stereocenters. The van der Waals surface area contributed by atoms with Gasteiger partial charge in [-0.05, 0) is 35.4 Å². The van der Waals surface area contributed by atoms with Crippen molar-refractivity contribution in [1.82, 2.24) is 15.1 Å². The zero-order valence-electron chi connectivity index (χ0n) is 13.9.